The Kier molecular flexibility index (Phi) is 9.52. The van der Waals surface area contributed by atoms with Gasteiger partial charge in [0.2, 0.25) is 0 Å². The zero-order valence-corrected chi connectivity index (χ0v) is 26.9. The topological polar surface area (TPSA) is 108 Å². The third-order valence-electron chi connectivity index (χ3n) is 10.5. The Labute approximate surface area is 266 Å². The molecule has 0 saturated heterocycles. The van der Waals surface area contributed by atoms with Crippen molar-refractivity contribution in [3.63, 3.8) is 0 Å². The number of benzene rings is 2. The summed E-state index contributed by atoms with van der Waals surface area (Å²) < 4.78 is 15.0. The molecular formula is C35H48FN7O2. The van der Waals surface area contributed by atoms with Crippen molar-refractivity contribution in [2.45, 2.75) is 83.8 Å². The van der Waals surface area contributed by atoms with Crippen molar-refractivity contribution in [1.29, 1.82) is 0 Å². The minimum absolute atomic E-state index is 0.211. The predicted molar refractivity (Wildman–Crippen MR) is 173 cm³/mol. The molecule has 4 fully saturated rings. The molecule has 4 bridgehead atoms. The molecule has 4 aliphatic carbocycles. The number of anilines is 1. The van der Waals surface area contributed by atoms with Crippen LogP contribution in [-0.4, -0.2) is 68.0 Å². The third kappa shape index (κ3) is 7.72. The van der Waals surface area contributed by atoms with Gasteiger partial charge in [0.25, 0.3) is 0 Å². The zero-order valence-electron chi connectivity index (χ0n) is 26.9. The minimum atomic E-state index is -0.724. The normalized spacial score (nSPS) is 25.0. The van der Waals surface area contributed by atoms with Gasteiger partial charge in [0.05, 0.1) is 12.1 Å². The number of amides is 2. The number of aryl methyl sites for hydroxylation is 3. The number of tetrazole rings is 1. The molecule has 3 aromatic rings. The Morgan fingerprint density at radius 3 is 2.40 bits per heavy atom. The highest BCUT2D eigenvalue weighted by atomic mass is 19.1. The molecule has 2 atom stereocenters. The SMILES string of the molecule is CCc1cc(NC(=O)N[C@H](C)[C@@H](O)CN(CCCc2ccc(F)cc2)CC23CC4CC(CC(C4)C2)C3)cc(-c2nnnn2C)c1. The minimum Gasteiger partial charge on any atom is -0.390 e. The van der Waals surface area contributed by atoms with Gasteiger partial charge in [0.1, 0.15) is 5.82 Å². The molecule has 0 unspecified atom stereocenters. The van der Waals surface area contributed by atoms with Crippen LogP contribution in [0.5, 0.6) is 0 Å². The van der Waals surface area contributed by atoms with Gasteiger partial charge in [-0.2, -0.15) is 0 Å². The average molecular weight is 618 g/mol. The van der Waals surface area contributed by atoms with E-state index in [1.54, 1.807) is 11.7 Å². The Morgan fingerprint density at radius 2 is 1.78 bits per heavy atom. The van der Waals surface area contributed by atoms with E-state index in [-0.39, 0.29) is 11.8 Å². The largest absolute Gasteiger partial charge is 0.390 e. The quantitative estimate of drug-likeness (QED) is 0.231. The molecule has 1 aromatic heterocycles. The van der Waals surface area contributed by atoms with Crippen LogP contribution >= 0.6 is 0 Å². The van der Waals surface area contributed by atoms with Crippen LogP contribution in [0.15, 0.2) is 42.5 Å². The lowest BCUT2D eigenvalue weighted by atomic mass is 9.49. The van der Waals surface area contributed by atoms with E-state index in [9.17, 15) is 14.3 Å². The van der Waals surface area contributed by atoms with Crippen molar-refractivity contribution in [1.82, 2.24) is 30.4 Å². The number of nitrogens with one attached hydrogen (secondary N) is 2. The van der Waals surface area contributed by atoms with Crippen molar-refractivity contribution in [3.05, 3.63) is 59.4 Å². The summed E-state index contributed by atoms with van der Waals surface area (Å²) in [6, 6.07) is 11.8. The average Bonchev–Trinajstić information content (AvgIpc) is 3.42. The summed E-state index contributed by atoms with van der Waals surface area (Å²) in [5.41, 5.74) is 4.00. The smallest absolute Gasteiger partial charge is 0.319 e. The summed E-state index contributed by atoms with van der Waals surface area (Å²) in [5, 5.41) is 29.1. The van der Waals surface area contributed by atoms with E-state index in [2.05, 4.69) is 38.0 Å². The van der Waals surface area contributed by atoms with E-state index in [1.807, 2.05) is 37.3 Å². The highest BCUT2D eigenvalue weighted by Gasteiger charge is 2.51. The summed E-state index contributed by atoms with van der Waals surface area (Å²) >= 11 is 0. The summed E-state index contributed by atoms with van der Waals surface area (Å²) in [6.07, 6.45) is 10.0. The maximum absolute atomic E-state index is 13.4. The van der Waals surface area contributed by atoms with Gasteiger partial charge in [-0.05, 0) is 146 Å². The van der Waals surface area contributed by atoms with E-state index in [0.717, 1.165) is 66.8 Å². The van der Waals surface area contributed by atoms with Crippen LogP contribution in [0, 0.1) is 29.0 Å². The summed E-state index contributed by atoms with van der Waals surface area (Å²) in [4.78, 5) is 15.6. The van der Waals surface area contributed by atoms with Crippen LogP contribution in [0.4, 0.5) is 14.9 Å². The van der Waals surface area contributed by atoms with Crippen LogP contribution in [0.2, 0.25) is 0 Å². The second kappa shape index (κ2) is 13.5. The van der Waals surface area contributed by atoms with E-state index >= 15 is 0 Å². The maximum Gasteiger partial charge on any atom is 0.319 e. The highest BCUT2D eigenvalue weighted by Crippen LogP contribution is 2.60. The molecule has 0 spiro atoms. The molecule has 7 rings (SSSR count). The van der Waals surface area contributed by atoms with Crippen LogP contribution in [0.1, 0.15) is 69.9 Å². The fourth-order valence-corrected chi connectivity index (χ4v) is 8.81. The second-order valence-electron chi connectivity index (χ2n) is 14.2. The first kappa shape index (κ1) is 31.6. The second-order valence-corrected chi connectivity index (χ2v) is 14.2. The fraction of sp³-hybridized carbons (Fsp3) is 0.600. The Hall–Kier alpha value is -3.37. The number of urea groups is 1. The van der Waals surface area contributed by atoms with Gasteiger partial charge in [0.15, 0.2) is 5.82 Å². The molecule has 2 amide bonds. The van der Waals surface area contributed by atoms with Crippen LogP contribution in [-0.2, 0) is 19.9 Å². The number of nitrogens with zero attached hydrogens (tertiary/aromatic N) is 5. The maximum atomic E-state index is 13.4. The molecule has 4 saturated carbocycles. The van der Waals surface area contributed by atoms with Crippen molar-refractivity contribution in [3.8, 4) is 11.4 Å². The Morgan fingerprint density at radius 1 is 1.09 bits per heavy atom. The summed E-state index contributed by atoms with van der Waals surface area (Å²) in [6.45, 7) is 6.29. The van der Waals surface area contributed by atoms with Crippen molar-refractivity contribution < 1.29 is 14.3 Å². The summed E-state index contributed by atoms with van der Waals surface area (Å²) in [5.74, 6) is 3.00. The van der Waals surface area contributed by atoms with E-state index in [1.165, 1.54) is 50.7 Å². The molecule has 1 heterocycles. The lowest BCUT2D eigenvalue weighted by molar-refractivity contribution is -0.0737. The summed E-state index contributed by atoms with van der Waals surface area (Å²) in [7, 11) is 1.78. The van der Waals surface area contributed by atoms with Crippen LogP contribution in [0.3, 0.4) is 0 Å². The van der Waals surface area contributed by atoms with Crippen molar-refractivity contribution >= 4 is 11.7 Å². The van der Waals surface area contributed by atoms with Gasteiger partial charge in [-0.15, -0.1) is 5.10 Å². The number of aliphatic hydroxyl groups is 1. The number of aromatic nitrogens is 4. The highest BCUT2D eigenvalue weighted by molar-refractivity contribution is 5.90. The fourth-order valence-electron chi connectivity index (χ4n) is 8.81. The number of hydrogen-bond acceptors (Lipinski definition) is 6. The number of hydrogen-bond donors (Lipinski definition) is 3. The first-order chi connectivity index (χ1) is 21.7. The molecule has 45 heavy (non-hydrogen) atoms. The van der Waals surface area contributed by atoms with Gasteiger partial charge >= 0.3 is 6.03 Å². The molecule has 4 aliphatic rings. The number of rotatable bonds is 13. The van der Waals surface area contributed by atoms with Gasteiger partial charge in [-0.3, -0.25) is 0 Å². The standard InChI is InChI=1S/C35H48FN7O2/c1-4-24-15-29(33-39-40-41-42(33)3)17-31(16-24)38-34(45)37-23(2)32(44)21-43(11-5-6-25-7-9-30(36)10-8-25)22-35-18-26-12-27(19-35)14-28(13-26)20-35/h7-10,15-17,23,26-28,32,44H,4-6,11-14,18-22H2,1-3H3,(H2,37,38,45)/t23-,26?,27?,28?,32+,35?/m1/s1. The zero-order chi connectivity index (χ0) is 31.6. The molecule has 3 N–H and O–H groups in total. The van der Waals surface area contributed by atoms with Gasteiger partial charge < -0.3 is 20.6 Å². The van der Waals surface area contributed by atoms with Gasteiger partial charge in [0, 0.05) is 31.4 Å². The molecule has 9 nitrogen and oxygen atoms in total. The van der Waals surface area contributed by atoms with Crippen molar-refractivity contribution in [2.75, 3.05) is 25.0 Å². The molecule has 2 aromatic carbocycles. The molecule has 0 aliphatic heterocycles. The number of carbonyl (C=O) groups is 1. The van der Waals surface area contributed by atoms with E-state index < -0.39 is 12.1 Å². The van der Waals surface area contributed by atoms with Crippen LogP contribution < -0.4 is 10.6 Å². The lowest BCUT2D eigenvalue weighted by Crippen LogP contribution is -2.54. The van der Waals surface area contributed by atoms with Crippen LogP contribution in [0.25, 0.3) is 11.4 Å². The number of aliphatic hydroxyl groups excluding tert-OH is 1. The van der Waals surface area contributed by atoms with E-state index in [4.69, 9.17) is 0 Å². The molecular weight excluding hydrogens is 569 g/mol. The number of halogens is 1. The molecule has 0 radical (unpaired) electrons. The Bertz CT molecular complexity index is 1420. The Balaban J connectivity index is 1.08. The molecule has 242 valence electrons. The first-order valence-corrected chi connectivity index (χ1v) is 16.8. The monoisotopic (exact) mass is 617 g/mol. The predicted octanol–water partition coefficient (Wildman–Crippen LogP) is 5.60. The van der Waals surface area contributed by atoms with E-state index in [0.29, 0.717) is 23.5 Å². The molecule has 10 heteroatoms. The number of carbonyl (C=O) groups excluding carboxylic acids is 1. The van der Waals surface area contributed by atoms with Gasteiger partial charge in [-0.1, -0.05) is 19.1 Å². The first-order valence-electron chi connectivity index (χ1n) is 16.8. The van der Waals surface area contributed by atoms with Crippen molar-refractivity contribution in [2.24, 2.45) is 30.2 Å². The lowest BCUT2D eigenvalue weighted by Gasteiger charge is -2.58. The third-order valence-corrected chi connectivity index (χ3v) is 10.5. The van der Waals surface area contributed by atoms with Gasteiger partial charge in [-0.25, -0.2) is 13.9 Å².